The molecule has 2 nitrogen and oxygen atoms in total. The Balaban J connectivity index is 1.91. The van der Waals surface area contributed by atoms with Crippen LogP contribution in [0.1, 0.15) is 31.2 Å². The fraction of sp³-hybridized carbons (Fsp3) is 0.500. The van der Waals surface area contributed by atoms with Gasteiger partial charge in [-0.05, 0) is 44.3 Å². The Morgan fingerprint density at radius 1 is 1.00 bits per heavy atom. The number of nitrogens with zero attached hydrogens (tertiary/aromatic N) is 1. The minimum Gasteiger partial charge on any atom is -0.317 e. The molecule has 0 radical (unpaired) electrons. The van der Waals surface area contributed by atoms with Gasteiger partial charge >= 0.3 is 0 Å². The van der Waals surface area contributed by atoms with Gasteiger partial charge in [0.25, 0.3) is 0 Å². The number of aryl methyl sites for hydroxylation is 1. The molecule has 1 rings (SSSR count). The van der Waals surface area contributed by atoms with Crippen LogP contribution in [0.4, 0.5) is 0 Å². The average Bonchev–Trinajstić information content (AvgIpc) is 2.34. The van der Waals surface area contributed by atoms with E-state index in [2.05, 4.69) is 41.7 Å². The van der Waals surface area contributed by atoms with E-state index in [-0.39, 0.29) is 0 Å². The lowest BCUT2D eigenvalue weighted by molar-refractivity contribution is 0.608. The highest BCUT2D eigenvalue weighted by atomic mass is 14.8. The summed E-state index contributed by atoms with van der Waals surface area (Å²) in [6.45, 7) is 2.11. The number of nitriles is 1. The van der Waals surface area contributed by atoms with Gasteiger partial charge in [0, 0.05) is 6.42 Å². The molecule has 0 spiro atoms. The second-order valence-corrected chi connectivity index (χ2v) is 3.95. The Hall–Kier alpha value is -1.33. The molecule has 1 aromatic carbocycles. The number of hydrogen-bond acceptors (Lipinski definition) is 2. The van der Waals surface area contributed by atoms with Gasteiger partial charge in [-0.1, -0.05) is 30.3 Å². The first-order chi connectivity index (χ1) is 7.93. The van der Waals surface area contributed by atoms with Gasteiger partial charge in [-0.2, -0.15) is 5.26 Å². The lowest BCUT2D eigenvalue weighted by Gasteiger charge is -2.03. The maximum atomic E-state index is 8.36. The van der Waals surface area contributed by atoms with E-state index in [1.165, 1.54) is 12.0 Å². The summed E-state index contributed by atoms with van der Waals surface area (Å²) in [7, 11) is 0. The van der Waals surface area contributed by atoms with Crippen LogP contribution in [0, 0.1) is 11.3 Å². The van der Waals surface area contributed by atoms with Crippen LogP contribution < -0.4 is 5.32 Å². The van der Waals surface area contributed by atoms with Crippen LogP contribution in [0.3, 0.4) is 0 Å². The summed E-state index contributed by atoms with van der Waals surface area (Å²) >= 11 is 0. The fourth-order valence-corrected chi connectivity index (χ4v) is 1.64. The van der Waals surface area contributed by atoms with E-state index in [4.69, 9.17) is 5.26 Å². The zero-order valence-corrected chi connectivity index (χ0v) is 9.78. The van der Waals surface area contributed by atoms with E-state index < -0.39 is 0 Å². The minimum atomic E-state index is 0.686. The molecule has 0 saturated carbocycles. The number of nitrogens with one attached hydrogen (secondary N) is 1. The van der Waals surface area contributed by atoms with Crippen molar-refractivity contribution in [2.75, 3.05) is 13.1 Å². The van der Waals surface area contributed by atoms with Crippen molar-refractivity contribution < 1.29 is 0 Å². The van der Waals surface area contributed by atoms with Gasteiger partial charge in [0.2, 0.25) is 0 Å². The first-order valence-electron chi connectivity index (χ1n) is 6.05. The van der Waals surface area contributed by atoms with E-state index in [1.807, 2.05) is 0 Å². The maximum absolute atomic E-state index is 8.36. The first-order valence-corrected chi connectivity index (χ1v) is 6.05. The van der Waals surface area contributed by atoms with Crippen molar-refractivity contribution in [2.24, 2.45) is 0 Å². The molecule has 0 amide bonds. The highest BCUT2D eigenvalue weighted by molar-refractivity contribution is 5.14. The van der Waals surface area contributed by atoms with Gasteiger partial charge in [0.05, 0.1) is 6.07 Å². The summed E-state index contributed by atoms with van der Waals surface area (Å²) in [5, 5.41) is 11.8. The van der Waals surface area contributed by atoms with Crippen LogP contribution in [-0.2, 0) is 6.42 Å². The molecule has 2 heteroatoms. The fourth-order valence-electron chi connectivity index (χ4n) is 1.64. The molecule has 0 saturated heterocycles. The smallest absolute Gasteiger partial charge is 0.0621 e. The van der Waals surface area contributed by atoms with Crippen molar-refractivity contribution in [1.82, 2.24) is 5.32 Å². The minimum absolute atomic E-state index is 0.686. The summed E-state index contributed by atoms with van der Waals surface area (Å²) in [5.74, 6) is 0. The highest BCUT2D eigenvalue weighted by Gasteiger charge is 1.92. The predicted octanol–water partition coefficient (Wildman–Crippen LogP) is 2.90. The lowest BCUT2D eigenvalue weighted by Crippen LogP contribution is -2.17. The van der Waals surface area contributed by atoms with Crippen LogP contribution in [0.15, 0.2) is 30.3 Å². The van der Waals surface area contributed by atoms with Gasteiger partial charge in [-0.25, -0.2) is 0 Å². The van der Waals surface area contributed by atoms with Gasteiger partial charge in [-0.3, -0.25) is 0 Å². The van der Waals surface area contributed by atoms with Gasteiger partial charge < -0.3 is 5.32 Å². The number of rotatable bonds is 8. The normalized spacial score (nSPS) is 9.94. The Bertz CT molecular complexity index is 300. The van der Waals surface area contributed by atoms with Crippen LogP contribution in [0.25, 0.3) is 0 Å². The molecule has 0 unspecified atom stereocenters. The zero-order chi connectivity index (χ0) is 11.5. The predicted molar refractivity (Wildman–Crippen MR) is 67.1 cm³/mol. The molecule has 0 aliphatic carbocycles. The van der Waals surface area contributed by atoms with Crippen LogP contribution in [0.2, 0.25) is 0 Å². The van der Waals surface area contributed by atoms with E-state index >= 15 is 0 Å². The molecule has 16 heavy (non-hydrogen) atoms. The molecule has 0 bridgehead atoms. The third-order valence-corrected chi connectivity index (χ3v) is 2.55. The molecular formula is C14H20N2. The van der Waals surface area contributed by atoms with Gasteiger partial charge in [0.15, 0.2) is 0 Å². The summed E-state index contributed by atoms with van der Waals surface area (Å²) in [5.41, 5.74) is 1.41. The third kappa shape index (κ3) is 6.21. The van der Waals surface area contributed by atoms with E-state index in [1.54, 1.807) is 0 Å². The molecule has 0 atom stereocenters. The Morgan fingerprint density at radius 2 is 1.75 bits per heavy atom. The average molecular weight is 216 g/mol. The van der Waals surface area contributed by atoms with Crippen LogP contribution >= 0.6 is 0 Å². The van der Waals surface area contributed by atoms with Crippen molar-refractivity contribution in [3.8, 4) is 6.07 Å². The maximum Gasteiger partial charge on any atom is 0.0621 e. The molecule has 0 heterocycles. The highest BCUT2D eigenvalue weighted by Crippen LogP contribution is 2.01. The molecule has 0 fully saturated rings. The first kappa shape index (κ1) is 12.7. The Labute approximate surface area is 98.3 Å². The Morgan fingerprint density at radius 3 is 2.50 bits per heavy atom. The second-order valence-electron chi connectivity index (χ2n) is 3.95. The van der Waals surface area contributed by atoms with Crippen molar-refractivity contribution in [2.45, 2.75) is 32.1 Å². The molecule has 0 aliphatic rings. The number of hydrogen-bond donors (Lipinski definition) is 1. The van der Waals surface area contributed by atoms with E-state index in [9.17, 15) is 0 Å². The largest absolute Gasteiger partial charge is 0.317 e. The summed E-state index contributed by atoms with van der Waals surface area (Å²) < 4.78 is 0. The zero-order valence-electron chi connectivity index (χ0n) is 9.78. The molecule has 86 valence electrons. The van der Waals surface area contributed by atoms with Crippen LogP contribution in [0.5, 0.6) is 0 Å². The third-order valence-electron chi connectivity index (χ3n) is 2.55. The molecule has 0 aliphatic heterocycles. The molecule has 1 aromatic rings. The van der Waals surface area contributed by atoms with Gasteiger partial charge in [0.1, 0.15) is 0 Å². The van der Waals surface area contributed by atoms with Crippen molar-refractivity contribution in [1.29, 1.82) is 5.26 Å². The second kappa shape index (κ2) is 8.94. The molecular weight excluding hydrogens is 196 g/mol. The van der Waals surface area contributed by atoms with Crippen molar-refractivity contribution in [3.05, 3.63) is 35.9 Å². The quantitative estimate of drug-likeness (QED) is 0.678. The number of unbranched alkanes of at least 4 members (excludes halogenated alkanes) is 2. The molecule has 1 N–H and O–H groups in total. The lowest BCUT2D eigenvalue weighted by atomic mass is 10.1. The summed E-state index contributed by atoms with van der Waals surface area (Å²) in [6, 6.07) is 12.7. The van der Waals surface area contributed by atoms with E-state index in [0.29, 0.717) is 6.42 Å². The van der Waals surface area contributed by atoms with Crippen LogP contribution in [-0.4, -0.2) is 13.1 Å². The summed E-state index contributed by atoms with van der Waals surface area (Å²) in [6.07, 6.45) is 5.14. The SMILES string of the molecule is N#CCCCCNCCCc1ccccc1. The van der Waals surface area contributed by atoms with Gasteiger partial charge in [-0.15, -0.1) is 0 Å². The molecule has 0 aromatic heterocycles. The topological polar surface area (TPSA) is 35.8 Å². The van der Waals surface area contributed by atoms with Crippen molar-refractivity contribution >= 4 is 0 Å². The number of benzene rings is 1. The van der Waals surface area contributed by atoms with Crippen molar-refractivity contribution in [3.63, 3.8) is 0 Å². The Kier molecular flexibility index (Phi) is 7.11. The standard InChI is InChI=1S/C14H20N2/c15-11-5-2-6-12-16-13-7-10-14-8-3-1-4-9-14/h1,3-4,8-9,16H,2,5-7,10,12-13H2. The monoisotopic (exact) mass is 216 g/mol. The van der Waals surface area contributed by atoms with E-state index in [0.717, 1.165) is 32.4 Å². The summed E-state index contributed by atoms with van der Waals surface area (Å²) in [4.78, 5) is 0.